The summed E-state index contributed by atoms with van der Waals surface area (Å²) in [6.07, 6.45) is 0.956. The van der Waals surface area contributed by atoms with Crippen molar-refractivity contribution >= 4 is 17.3 Å². The largest absolute Gasteiger partial charge is 0.450 e. The lowest BCUT2D eigenvalue weighted by Gasteiger charge is -2.15. The normalized spacial score (nSPS) is 12.0. The van der Waals surface area contributed by atoms with Crippen LogP contribution in [0.25, 0.3) is 0 Å². The first-order valence-electron chi connectivity index (χ1n) is 6.74. The van der Waals surface area contributed by atoms with Gasteiger partial charge in [0.1, 0.15) is 10.8 Å². The van der Waals surface area contributed by atoms with Gasteiger partial charge in [0.2, 0.25) is 5.75 Å². The van der Waals surface area contributed by atoms with Gasteiger partial charge in [-0.25, -0.2) is 0 Å². The quantitative estimate of drug-likeness (QED) is 0.537. The van der Waals surface area contributed by atoms with E-state index in [1.807, 2.05) is 24.3 Å². The SMILES string of the molecule is CCC(C)c1ccccc1Oc1cccc(Cl)c1[N+](=O)[O-]. The summed E-state index contributed by atoms with van der Waals surface area (Å²) in [5, 5.41) is 11.2. The average Bonchev–Trinajstić information content (AvgIpc) is 2.46. The maximum Gasteiger partial charge on any atom is 0.329 e. The third kappa shape index (κ3) is 3.34. The van der Waals surface area contributed by atoms with Crippen LogP contribution in [-0.2, 0) is 0 Å². The van der Waals surface area contributed by atoms with Gasteiger partial charge in [-0.15, -0.1) is 0 Å². The zero-order valence-electron chi connectivity index (χ0n) is 11.9. The van der Waals surface area contributed by atoms with Crippen LogP contribution < -0.4 is 4.74 Å². The van der Waals surface area contributed by atoms with Crippen LogP contribution in [0.3, 0.4) is 0 Å². The maximum atomic E-state index is 11.1. The molecule has 1 atom stereocenters. The van der Waals surface area contributed by atoms with Crippen molar-refractivity contribution in [1.29, 1.82) is 0 Å². The molecule has 0 aliphatic rings. The van der Waals surface area contributed by atoms with Crippen molar-refractivity contribution in [2.24, 2.45) is 0 Å². The maximum absolute atomic E-state index is 11.1. The van der Waals surface area contributed by atoms with E-state index >= 15 is 0 Å². The molecule has 21 heavy (non-hydrogen) atoms. The molecule has 0 heterocycles. The number of nitro groups is 1. The second-order valence-corrected chi connectivity index (χ2v) is 5.20. The summed E-state index contributed by atoms with van der Waals surface area (Å²) in [6.45, 7) is 4.18. The Morgan fingerprint density at radius 1 is 1.19 bits per heavy atom. The summed E-state index contributed by atoms with van der Waals surface area (Å²) in [5.74, 6) is 1.08. The molecule has 0 spiro atoms. The topological polar surface area (TPSA) is 52.4 Å². The molecule has 0 radical (unpaired) electrons. The van der Waals surface area contributed by atoms with Gasteiger partial charge >= 0.3 is 5.69 Å². The van der Waals surface area contributed by atoms with Crippen LogP contribution in [0, 0.1) is 10.1 Å². The molecule has 0 aromatic heterocycles. The number of para-hydroxylation sites is 2. The second kappa shape index (κ2) is 6.59. The third-order valence-corrected chi connectivity index (χ3v) is 3.72. The van der Waals surface area contributed by atoms with E-state index in [-0.39, 0.29) is 16.5 Å². The Bertz CT molecular complexity index is 658. The van der Waals surface area contributed by atoms with Crippen molar-refractivity contribution < 1.29 is 9.66 Å². The van der Waals surface area contributed by atoms with Gasteiger partial charge in [0, 0.05) is 0 Å². The van der Waals surface area contributed by atoms with Gasteiger partial charge < -0.3 is 4.74 Å². The Labute approximate surface area is 128 Å². The highest BCUT2D eigenvalue weighted by molar-refractivity contribution is 6.32. The highest BCUT2D eigenvalue weighted by atomic mass is 35.5. The average molecular weight is 306 g/mol. The van der Waals surface area contributed by atoms with Gasteiger partial charge in [-0.3, -0.25) is 10.1 Å². The second-order valence-electron chi connectivity index (χ2n) is 4.79. The molecule has 4 nitrogen and oxygen atoms in total. The van der Waals surface area contributed by atoms with Crippen LogP contribution in [0.5, 0.6) is 11.5 Å². The molecule has 0 aliphatic heterocycles. The van der Waals surface area contributed by atoms with E-state index in [4.69, 9.17) is 16.3 Å². The first-order valence-corrected chi connectivity index (χ1v) is 7.12. The van der Waals surface area contributed by atoms with E-state index in [1.165, 1.54) is 6.07 Å². The number of nitro benzene ring substituents is 1. The van der Waals surface area contributed by atoms with Gasteiger partial charge in [-0.05, 0) is 36.1 Å². The minimum atomic E-state index is -0.524. The number of hydrogen-bond acceptors (Lipinski definition) is 3. The number of rotatable bonds is 5. The fraction of sp³-hybridized carbons (Fsp3) is 0.250. The van der Waals surface area contributed by atoms with E-state index in [0.717, 1.165) is 12.0 Å². The van der Waals surface area contributed by atoms with Crippen molar-refractivity contribution in [2.75, 3.05) is 0 Å². The number of ether oxygens (including phenoxy) is 1. The van der Waals surface area contributed by atoms with Gasteiger partial charge in [0.05, 0.1) is 4.92 Å². The van der Waals surface area contributed by atoms with Crippen LogP contribution >= 0.6 is 11.6 Å². The van der Waals surface area contributed by atoms with Crippen LogP contribution in [0.2, 0.25) is 5.02 Å². The van der Waals surface area contributed by atoms with E-state index in [1.54, 1.807) is 12.1 Å². The molecule has 0 aliphatic carbocycles. The Kier molecular flexibility index (Phi) is 4.81. The fourth-order valence-corrected chi connectivity index (χ4v) is 2.31. The molecule has 0 saturated heterocycles. The van der Waals surface area contributed by atoms with Gasteiger partial charge in [0.25, 0.3) is 0 Å². The zero-order valence-corrected chi connectivity index (χ0v) is 12.6. The number of hydrogen-bond donors (Lipinski definition) is 0. The Morgan fingerprint density at radius 2 is 1.86 bits per heavy atom. The summed E-state index contributed by atoms with van der Waals surface area (Å²) in [7, 11) is 0. The molecule has 2 aromatic carbocycles. The fourth-order valence-electron chi connectivity index (χ4n) is 2.07. The van der Waals surface area contributed by atoms with Crippen molar-refractivity contribution in [3.05, 3.63) is 63.2 Å². The molecular weight excluding hydrogens is 290 g/mol. The van der Waals surface area contributed by atoms with Crippen LogP contribution in [0.1, 0.15) is 31.7 Å². The number of nitrogens with zero attached hydrogens (tertiary/aromatic N) is 1. The highest BCUT2D eigenvalue weighted by Gasteiger charge is 2.21. The molecule has 0 fully saturated rings. The van der Waals surface area contributed by atoms with E-state index in [0.29, 0.717) is 11.7 Å². The summed E-state index contributed by atoms with van der Waals surface area (Å²) in [4.78, 5) is 10.6. The minimum absolute atomic E-state index is 0.0681. The van der Waals surface area contributed by atoms with Crippen molar-refractivity contribution in [1.82, 2.24) is 0 Å². The minimum Gasteiger partial charge on any atom is -0.450 e. The molecule has 1 unspecified atom stereocenters. The van der Waals surface area contributed by atoms with Crippen LogP contribution in [0.15, 0.2) is 42.5 Å². The Morgan fingerprint density at radius 3 is 2.52 bits per heavy atom. The van der Waals surface area contributed by atoms with Crippen LogP contribution in [-0.4, -0.2) is 4.92 Å². The molecule has 0 saturated carbocycles. The molecule has 110 valence electrons. The van der Waals surface area contributed by atoms with Crippen LogP contribution in [0.4, 0.5) is 5.69 Å². The molecular formula is C16H16ClNO3. The summed E-state index contributed by atoms with van der Waals surface area (Å²) < 4.78 is 5.78. The monoisotopic (exact) mass is 305 g/mol. The highest BCUT2D eigenvalue weighted by Crippen LogP contribution is 2.39. The third-order valence-electron chi connectivity index (χ3n) is 3.41. The molecule has 5 heteroatoms. The lowest BCUT2D eigenvalue weighted by Crippen LogP contribution is -1.98. The first kappa shape index (κ1) is 15.3. The van der Waals surface area contributed by atoms with E-state index in [9.17, 15) is 10.1 Å². The summed E-state index contributed by atoms with van der Waals surface area (Å²) in [6, 6.07) is 12.2. The summed E-state index contributed by atoms with van der Waals surface area (Å²) >= 11 is 5.90. The molecule has 0 amide bonds. The molecule has 0 bridgehead atoms. The lowest BCUT2D eigenvalue weighted by atomic mass is 9.98. The first-order chi connectivity index (χ1) is 10.0. The van der Waals surface area contributed by atoms with Crippen molar-refractivity contribution in [2.45, 2.75) is 26.2 Å². The number of benzene rings is 2. The lowest BCUT2D eigenvalue weighted by molar-refractivity contribution is -0.385. The predicted octanol–water partition coefficient (Wildman–Crippen LogP) is 5.55. The number of halogens is 1. The van der Waals surface area contributed by atoms with Gasteiger partial charge in [-0.1, -0.05) is 49.7 Å². The standard InChI is InChI=1S/C16H16ClNO3/c1-3-11(2)12-7-4-5-9-14(12)21-15-10-6-8-13(17)16(15)18(19)20/h4-11H,3H2,1-2H3. The molecule has 2 rings (SSSR count). The smallest absolute Gasteiger partial charge is 0.329 e. The Balaban J connectivity index is 2.44. The van der Waals surface area contributed by atoms with Crippen molar-refractivity contribution in [3.63, 3.8) is 0 Å². The molecule has 2 aromatic rings. The predicted molar refractivity (Wildman–Crippen MR) is 83.3 cm³/mol. The van der Waals surface area contributed by atoms with Gasteiger partial charge in [-0.2, -0.15) is 0 Å². The summed E-state index contributed by atoms with van der Waals surface area (Å²) in [5.41, 5.74) is 0.812. The Hall–Kier alpha value is -2.07. The van der Waals surface area contributed by atoms with Crippen molar-refractivity contribution in [3.8, 4) is 11.5 Å². The van der Waals surface area contributed by atoms with E-state index < -0.39 is 4.92 Å². The zero-order chi connectivity index (χ0) is 15.4. The molecule has 0 N–H and O–H groups in total. The van der Waals surface area contributed by atoms with Gasteiger partial charge in [0.15, 0.2) is 0 Å². The van der Waals surface area contributed by atoms with E-state index in [2.05, 4.69) is 13.8 Å².